The lowest BCUT2D eigenvalue weighted by molar-refractivity contribution is 0.0923. The number of ketones is 1. The van der Waals surface area contributed by atoms with Gasteiger partial charge in [0.15, 0.2) is 6.61 Å². The van der Waals surface area contributed by atoms with Gasteiger partial charge in [-0.2, -0.15) is 5.26 Å². The number of tetrazole rings is 1. The van der Waals surface area contributed by atoms with Crippen LogP contribution in [0, 0.1) is 11.3 Å². The number of para-hydroxylation sites is 1. The Morgan fingerprint density at radius 1 is 1.14 bits per heavy atom. The molecule has 4 rings (SSSR count). The van der Waals surface area contributed by atoms with Crippen molar-refractivity contribution in [1.29, 1.82) is 5.26 Å². The molecule has 0 N–H and O–H groups in total. The first-order valence-corrected chi connectivity index (χ1v) is 8.70. The van der Waals surface area contributed by atoms with E-state index in [0.717, 1.165) is 16.6 Å². The minimum absolute atomic E-state index is 0.0729. The molecule has 0 amide bonds. The molecule has 0 saturated heterocycles. The summed E-state index contributed by atoms with van der Waals surface area (Å²) in [6.45, 7) is 0.472. The molecule has 0 spiro atoms. The summed E-state index contributed by atoms with van der Waals surface area (Å²) in [5.74, 6) is 0.467. The highest BCUT2D eigenvalue weighted by molar-refractivity contribution is 6.08. The van der Waals surface area contributed by atoms with Crippen LogP contribution in [-0.2, 0) is 6.54 Å². The molecular formula is C20H16N6O2. The number of carbonyl (C=O) groups is 1. The number of ether oxygens (including phenoxy) is 1. The van der Waals surface area contributed by atoms with Gasteiger partial charge in [0, 0.05) is 29.2 Å². The van der Waals surface area contributed by atoms with E-state index in [-0.39, 0.29) is 12.4 Å². The van der Waals surface area contributed by atoms with E-state index in [4.69, 9.17) is 10.00 Å². The van der Waals surface area contributed by atoms with Crippen molar-refractivity contribution >= 4 is 16.7 Å². The summed E-state index contributed by atoms with van der Waals surface area (Å²) in [5.41, 5.74) is 2.33. The van der Waals surface area contributed by atoms with Gasteiger partial charge < -0.3 is 9.30 Å². The summed E-state index contributed by atoms with van der Waals surface area (Å²) in [7, 11) is 0. The van der Waals surface area contributed by atoms with Crippen LogP contribution in [0.5, 0.6) is 5.75 Å². The summed E-state index contributed by atoms with van der Waals surface area (Å²) in [6, 6.07) is 17.0. The average Bonchev–Trinajstić information content (AvgIpc) is 3.39. The van der Waals surface area contributed by atoms with Crippen LogP contribution in [0.25, 0.3) is 16.6 Å². The smallest absolute Gasteiger partial charge is 0.202 e. The van der Waals surface area contributed by atoms with Gasteiger partial charge in [-0.1, -0.05) is 18.2 Å². The highest BCUT2D eigenvalue weighted by Crippen LogP contribution is 2.23. The third-order valence-corrected chi connectivity index (χ3v) is 4.37. The predicted molar refractivity (Wildman–Crippen MR) is 101 cm³/mol. The topological polar surface area (TPSA) is 98.6 Å². The second kappa shape index (κ2) is 7.72. The van der Waals surface area contributed by atoms with E-state index < -0.39 is 0 Å². The van der Waals surface area contributed by atoms with Gasteiger partial charge in [0.25, 0.3) is 0 Å². The average molecular weight is 372 g/mol. The maximum Gasteiger partial charge on any atom is 0.202 e. The van der Waals surface area contributed by atoms with Crippen molar-refractivity contribution in [2.24, 2.45) is 0 Å². The molecule has 0 saturated carbocycles. The minimum Gasteiger partial charge on any atom is -0.485 e. The third-order valence-electron chi connectivity index (χ3n) is 4.37. The molecule has 0 bridgehead atoms. The van der Waals surface area contributed by atoms with Crippen molar-refractivity contribution in [3.8, 4) is 17.5 Å². The van der Waals surface area contributed by atoms with Gasteiger partial charge in [-0.3, -0.25) is 4.79 Å². The molecule has 2 aromatic heterocycles. The molecule has 0 atom stereocenters. The summed E-state index contributed by atoms with van der Waals surface area (Å²) in [6.07, 6.45) is 3.69. The summed E-state index contributed by atoms with van der Waals surface area (Å²) in [5, 5.41) is 20.7. The standard InChI is InChI=1S/C20H16N6O2/c21-10-3-11-25-12-18(17-4-1-2-5-19(17)25)20(27)13-28-16-8-6-15(7-9-16)26-14-22-23-24-26/h1-2,4-9,12,14H,3,11,13H2. The van der Waals surface area contributed by atoms with E-state index in [0.29, 0.717) is 24.3 Å². The monoisotopic (exact) mass is 372 g/mol. The largest absolute Gasteiger partial charge is 0.485 e. The van der Waals surface area contributed by atoms with E-state index in [1.54, 1.807) is 18.3 Å². The quantitative estimate of drug-likeness (QED) is 0.463. The lowest BCUT2D eigenvalue weighted by Crippen LogP contribution is -2.11. The number of hydrogen-bond donors (Lipinski definition) is 0. The van der Waals surface area contributed by atoms with Gasteiger partial charge in [0.05, 0.1) is 18.2 Å². The molecule has 2 heterocycles. The number of nitrogens with zero attached hydrogens (tertiary/aromatic N) is 6. The third kappa shape index (κ3) is 3.46. The zero-order valence-electron chi connectivity index (χ0n) is 14.9. The molecule has 28 heavy (non-hydrogen) atoms. The van der Waals surface area contributed by atoms with Crippen molar-refractivity contribution < 1.29 is 9.53 Å². The number of rotatable bonds is 7. The number of fused-ring (bicyclic) bond motifs is 1. The van der Waals surface area contributed by atoms with Gasteiger partial charge >= 0.3 is 0 Å². The lowest BCUT2D eigenvalue weighted by Gasteiger charge is -2.06. The molecule has 0 unspecified atom stereocenters. The zero-order valence-corrected chi connectivity index (χ0v) is 14.9. The summed E-state index contributed by atoms with van der Waals surface area (Å²) >= 11 is 0. The fourth-order valence-corrected chi connectivity index (χ4v) is 3.03. The van der Waals surface area contributed by atoms with E-state index >= 15 is 0 Å². The Balaban J connectivity index is 1.49. The van der Waals surface area contributed by atoms with Crippen LogP contribution in [0.2, 0.25) is 0 Å². The van der Waals surface area contributed by atoms with Gasteiger partial charge in [-0.15, -0.1) is 5.10 Å². The van der Waals surface area contributed by atoms with E-state index in [1.165, 1.54) is 11.0 Å². The Morgan fingerprint density at radius 2 is 1.96 bits per heavy atom. The van der Waals surface area contributed by atoms with Crippen LogP contribution in [0.4, 0.5) is 0 Å². The van der Waals surface area contributed by atoms with Gasteiger partial charge in [0.1, 0.15) is 12.1 Å². The van der Waals surface area contributed by atoms with Crippen LogP contribution < -0.4 is 4.74 Å². The van der Waals surface area contributed by atoms with Crippen molar-refractivity contribution in [3.05, 3.63) is 66.6 Å². The Morgan fingerprint density at radius 3 is 2.71 bits per heavy atom. The first-order chi connectivity index (χ1) is 13.8. The number of aryl methyl sites for hydroxylation is 1. The Hall–Kier alpha value is -3.99. The molecule has 2 aromatic carbocycles. The van der Waals surface area contributed by atoms with Gasteiger partial charge in [-0.05, 0) is 40.8 Å². The van der Waals surface area contributed by atoms with E-state index in [1.807, 2.05) is 41.0 Å². The van der Waals surface area contributed by atoms with E-state index in [2.05, 4.69) is 21.6 Å². The molecule has 0 aliphatic heterocycles. The number of benzene rings is 2. The lowest BCUT2D eigenvalue weighted by atomic mass is 10.1. The normalized spacial score (nSPS) is 10.7. The number of carbonyl (C=O) groups excluding carboxylic acids is 1. The van der Waals surface area contributed by atoms with Crippen molar-refractivity contribution in [2.45, 2.75) is 13.0 Å². The molecule has 8 heteroatoms. The molecule has 0 aliphatic carbocycles. The first-order valence-electron chi connectivity index (χ1n) is 8.70. The molecular weight excluding hydrogens is 356 g/mol. The highest BCUT2D eigenvalue weighted by Gasteiger charge is 2.15. The number of hydrogen-bond acceptors (Lipinski definition) is 6. The SMILES string of the molecule is N#CCCn1cc(C(=O)COc2ccc(-n3cnnn3)cc2)c2ccccc21. The predicted octanol–water partition coefficient (Wildman–Crippen LogP) is 2.79. The molecule has 8 nitrogen and oxygen atoms in total. The maximum atomic E-state index is 12.7. The van der Waals surface area contributed by atoms with Gasteiger partial charge in [0.2, 0.25) is 5.78 Å². The minimum atomic E-state index is -0.114. The number of aromatic nitrogens is 5. The van der Waals surface area contributed by atoms with Crippen molar-refractivity contribution in [2.75, 3.05) is 6.61 Å². The van der Waals surface area contributed by atoms with Crippen LogP contribution in [0.3, 0.4) is 0 Å². The number of Topliss-reactive ketones (excluding diaryl/α,β-unsaturated/α-hetero) is 1. The zero-order chi connectivity index (χ0) is 19.3. The second-order valence-corrected chi connectivity index (χ2v) is 6.12. The van der Waals surface area contributed by atoms with Crippen molar-refractivity contribution in [3.63, 3.8) is 0 Å². The Kier molecular flexibility index (Phi) is 4.80. The molecule has 4 aromatic rings. The van der Waals surface area contributed by atoms with Gasteiger partial charge in [-0.25, -0.2) is 4.68 Å². The Labute approximate surface area is 160 Å². The first kappa shape index (κ1) is 17.4. The highest BCUT2D eigenvalue weighted by atomic mass is 16.5. The fourth-order valence-electron chi connectivity index (χ4n) is 3.03. The van der Waals surface area contributed by atoms with Crippen LogP contribution >= 0.6 is 0 Å². The summed E-state index contributed by atoms with van der Waals surface area (Å²) < 4.78 is 9.13. The molecule has 0 aliphatic rings. The van der Waals surface area contributed by atoms with Crippen molar-refractivity contribution in [1.82, 2.24) is 24.8 Å². The van der Waals surface area contributed by atoms with Crippen LogP contribution in [0.15, 0.2) is 61.1 Å². The fraction of sp³-hybridized carbons (Fsp3) is 0.150. The van der Waals surface area contributed by atoms with Crippen LogP contribution in [0.1, 0.15) is 16.8 Å². The molecule has 0 radical (unpaired) electrons. The molecule has 0 fully saturated rings. The maximum absolute atomic E-state index is 12.7. The second-order valence-electron chi connectivity index (χ2n) is 6.12. The van der Waals surface area contributed by atoms with Crippen LogP contribution in [-0.4, -0.2) is 37.2 Å². The summed E-state index contributed by atoms with van der Waals surface area (Å²) in [4.78, 5) is 12.7. The Bertz CT molecular complexity index is 1140. The molecule has 138 valence electrons. The number of nitriles is 1. The van der Waals surface area contributed by atoms with E-state index in [9.17, 15) is 4.79 Å².